The molecule has 0 aliphatic rings. The predicted octanol–water partition coefficient (Wildman–Crippen LogP) is 7.79. The number of hydrogen-bond acceptors (Lipinski definition) is 10. The minimum Gasteiger partial charge on any atom is -0.497 e. The summed E-state index contributed by atoms with van der Waals surface area (Å²) in [7, 11) is 1.66. The fourth-order valence-electron chi connectivity index (χ4n) is 4.73. The molecule has 0 radical (unpaired) electrons. The van der Waals surface area contributed by atoms with Gasteiger partial charge in [-0.2, -0.15) is 0 Å². The van der Waals surface area contributed by atoms with Crippen molar-refractivity contribution >= 4 is 40.7 Å². The normalized spacial score (nSPS) is 10.6. The molecule has 222 valence electrons. The number of aromatic nitrogens is 3. The van der Waals surface area contributed by atoms with E-state index >= 15 is 0 Å². The monoisotopic (exact) mass is 614 g/mol. The van der Waals surface area contributed by atoms with Gasteiger partial charge in [-0.1, -0.05) is 17.7 Å². The van der Waals surface area contributed by atoms with E-state index in [2.05, 4.69) is 58.2 Å². The van der Waals surface area contributed by atoms with Crippen molar-refractivity contribution in [2.24, 2.45) is 0 Å². The van der Waals surface area contributed by atoms with Crippen LogP contribution in [0.5, 0.6) is 17.2 Å². The first-order chi connectivity index (χ1) is 22.0. The second-order valence-electron chi connectivity index (χ2n) is 9.81. The molecule has 4 heterocycles. The molecular weight excluding hydrogens is 588 g/mol. The smallest absolute Gasteiger partial charge is 0.298 e. The molecule has 45 heavy (non-hydrogen) atoms. The van der Waals surface area contributed by atoms with Gasteiger partial charge in [0.15, 0.2) is 0 Å². The number of rotatable bonds is 11. The van der Waals surface area contributed by atoms with Crippen molar-refractivity contribution in [2.45, 2.75) is 6.92 Å². The topological polar surface area (TPSA) is 104 Å². The zero-order valence-electron chi connectivity index (χ0n) is 24.3. The molecule has 10 heteroatoms. The van der Waals surface area contributed by atoms with Crippen molar-refractivity contribution in [1.29, 1.82) is 0 Å². The Bertz CT molecular complexity index is 1960. The maximum Gasteiger partial charge on any atom is 0.298 e. The van der Waals surface area contributed by atoms with Crippen molar-refractivity contribution in [3.05, 3.63) is 115 Å². The van der Waals surface area contributed by atoms with E-state index in [9.17, 15) is 9.59 Å². The summed E-state index contributed by atoms with van der Waals surface area (Å²) in [4.78, 5) is 38.9. The number of carbonyl (C=O) groups excluding carboxylic acids is 2. The van der Waals surface area contributed by atoms with Gasteiger partial charge in [-0.25, -0.2) is 4.98 Å². The van der Waals surface area contributed by atoms with Gasteiger partial charge in [-0.3, -0.25) is 19.6 Å². The molecule has 0 aliphatic carbocycles. The third-order valence-electron chi connectivity index (χ3n) is 6.90. The predicted molar refractivity (Wildman–Crippen MR) is 173 cm³/mol. The minimum atomic E-state index is 0.271. The van der Waals surface area contributed by atoms with Gasteiger partial charge in [0.1, 0.15) is 22.2 Å². The molecule has 0 saturated heterocycles. The highest BCUT2D eigenvalue weighted by Crippen LogP contribution is 2.42. The van der Waals surface area contributed by atoms with Crippen LogP contribution in [0.2, 0.25) is 0 Å². The third kappa shape index (κ3) is 6.56. The minimum absolute atomic E-state index is 0.271. The van der Waals surface area contributed by atoms with Crippen LogP contribution in [0, 0.1) is 6.92 Å². The molecule has 9 nitrogen and oxygen atoms in total. The van der Waals surface area contributed by atoms with E-state index in [1.54, 1.807) is 48.9 Å². The number of hydrogen-bond donors (Lipinski definition) is 0. The molecule has 0 spiro atoms. The number of pyridine rings is 3. The van der Waals surface area contributed by atoms with Crippen LogP contribution >= 0.6 is 11.3 Å². The van der Waals surface area contributed by atoms with Crippen LogP contribution in [0.1, 0.15) is 5.56 Å². The molecular formula is C35H26N4O5S. The van der Waals surface area contributed by atoms with Gasteiger partial charge in [0, 0.05) is 46.8 Å². The van der Waals surface area contributed by atoms with Crippen molar-refractivity contribution < 1.29 is 23.8 Å². The first-order valence-electron chi connectivity index (χ1n) is 13.8. The van der Waals surface area contributed by atoms with Crippen LogP contribution in [0.3, 0.4) is 0 Å². The van der Waals surface area contributed by atoms with Crippen molar-refractivity contribution in [3.63, 3.8) is 0 Å². The van der Waals surface area contributed by atoms with Crippen molar-refractivity contribution in [3.8, 4) is 50.5 Å². The Morgan fingerprint density at radius 3 is 1.91 bits per heavy atom. The lowest BCUT2D eigenvalue weighted by Gasteiger charge is -2.24. The van der Waals surface area contributed by atoms with E-state index in [0.717, 1.165) is 32.6 Å². The highest BCUT2D eigenvalue weighted by Gasteiger charge is 2.17. The molecule has 4 aromatic heterocycles. The first kappa shape index (κ1) is 29.2. The second kappa shape index (κ2) is 13.2. The fraction of sp³-hybridized carbons (Fsp3) is 0.0571. The molecule has 0 N–H and O–H groups in total. The number of methoxy groups -OCH3 is 1. The van der Waals surface area contributed by atoms with Crippen LogP contribution in [0.25, 0.3) is 33.2 Å². The van der Waals surface area contributed by atoms with Crippen LogP contribution in [-0.2, 0) is 9.59 Å². The van der Waals surface area contributed by atoms with E-state index in [4.69, 9.17) is 19.2 Å². The van der Waals surface area contributed by atoms with Crippen LogP contribution in [0.15, 0.2) is 109 Å². The van der Waals surface area contributed by atoms with Crippen molar-refractivity contribution in [2.75, 3.05) is 12.0 Å². The molecule has 2 aromatic carbocycles. The highest BCUT2D eigenvalue weighted by atomic mass is 32.1. The molecule has 0 amide bonds. The van der Waals surface area contributed by atoms with Gasteiger partial charge in [0.25, 0.3) is 12.9 Å². The maximum absolute atomic E-state index is 11.2. The Morgan fingerprint density at radius 1 is 0.644 bits per heavy atom. The van der Waals surface area contributed by atoms with E-state index in [1.807, 2.05) is 36.4 Å². The lowest BCUT2D eigenvalue weighted by Crippen LogP contribution is -2.08. The summed E-state index contributed by atoms with van der Waals surface area (Å²) in [6.45, 7) is 2.76. The van der Waals surface area contributed by atoms with E-state index < -0.39 is 0 Å². The Hall–Kier alpha value is -5.87. The molecule has 6 rings (SSSR count). The molecule has 0 saturated carbocycles. The quantitative estimate of drug-likeness (QED) is 0.135. The summed E-state index contributed by atoms with van der Waals surface area (Å²) < 4.78 is 15.5. The molecule has 0 atom stereocenters. The molecule has 0 aliphatic heterocycles. The Kier molecular flexibility index (Phi) is 8.56. The average molecular weight is 615 g/mol. The summed E-state index contributed by atoms with van der Waals surface area (Å²) in [5.41, 5.74) is 6.07. The van der Waals surface area contributed by atoms with E-state index in [1.165, 1.54) is 11.8 Å². The number of nitrogens with zero attached hydrogens (tertiary/aromatic N) is 4. The molecule has 6 aromatic rings. The number of anilines is 3. The lowest BCUT2D eigenvalue weighted by atomic mass is 10.1. The molecule has 0 bridgehead atoms. The van der Waals surface area contributed by atoms with Crippen molar-refractivity contribution in [1.82, 2.24) is 15.0 Å². The molecule has 0 fully saturated rings. The number of aryl methyl sites for hydroxylation is 1. The third-order valence-corrected chi connectivity index (χ3v) is 8.02. The summed E-state index contributed by atoms with van der Waals surface area (Å²) >= 11 is 1.64. The van der Waals surface area contributed by atoms with Gasteiger partial charge in [0.2, 0.25) is 0 Å². The maximum atomic E-state index is 11.2. The Balaban J connectivity index is 1.37. The zero-order valence-corrected chi connectivity index (χ0v) is 25.1. The standard InChI is InChI=1S/C35H26N4O5S/c1-23-3-5-25(6-4-23)39(26-7-9-27(42-2)10-8-26)35-12-11-34(45-35)24-13-15-36-30(17-24)32-19-29(44-22-41)20-33(38-32)31-18-28(43-21-40)14-16-37-31/h3-22H,1-2H3. The SMILES string of the molecule is COc1ccc(N(c2ccc(C)cc2)c2ccc(-c3ccnc(-c4cc(OC=O)cc(-c5cc(OC=O)ccn5)n4)c3)s2)cc1. The number of carbonyl (C=O) groups is 2. The average Bonchev–Trinajstić information content (AvgIpc) is 3.56. The van der Waals surface area contributed by atoms with Gasteiger partial charge >= 0.3 is 0 Å². The molecule has 0 unspecified atom stereocenters. The van der Waals surface area contributed by atoms with Gasteiger partial charge in [-0.05, 0) is 79.2 Å². The Labute approximate surface area is 263 Å². The summed E-state index contributed by atoms with van der Waals surface area (Å²) in [5.74, 6) is 1.37. The first-order valence-corrected chi connectivity index (χ1v) is 14.6. The lowest BCUT2D eigenvalue weighted by molar-refractivity contribution is -0.121. The van der Waals surface area contributed by atoms with Crippen LogP contribution in [0.4, 0.5) is 16.4 Å². The summed E-state index contributed by atoms with van der Waals surface area (Å²) in [6, 6.07) is 30.8. The largest absolute Gasteiger partial charge is 0.497 e. The van der Waals surface area contributed by atoms with Crippen LogP contribution < -0.4 is 19.1 Å². The zero-order chi connectivity index (χ0) is 31.2. The number of benzene rings is 2. The highest BCUT2D eigenvalue weighted by molar-refractivity contribution is 7.19. The second-order valence-corrected chi connectivity index (χ2v) is 10.9. The fourth-order valence-corrected chi connectivity index (χ4v) is 5.77. The number of ether oxygens (including phenoxy) is 3. The van der Waals surface area contributed by atoms with Gasteiger partial charge in [0.05, 0.1) is 29.9 Å². The van der Waals surface area contributed by atoms with E-state index in [0.29, 0.717) is 41.5 Å². The van der Waals surface area contributed by atoms with Gasteiger partial charge in [-0.15, -0.1) is 11.3 Å². The number of thiophene rings is 1. The van der Waals surface area contributed by atoms with Gasteiger partial charge < -0.3 is 19.1 Å². The van der Waals surface area contributed by atoms with Crippen LogP contribution in [-0.4, -0.2) is 35.0 Å². The Morgan fingerprint density at radius 2 is 1.24 bits per heavy atom. The van der Waals surface area contributed by atoms with E-state index in [-0.39, 0.29) is 5.75 Å². The summed E-state index contributed by atoms with van der Waals surface area (Å²) in [6.07, 6.45) is 3.22. The summed E-state index contributed by atoms with van der Waals surface area (Å²) in [5, 5.41) is 1.03.